The number of furan rings is 1. The number of carbonyl (C=O) groups excluding carboxylic acids is 1. The summed E-state index contributed by atoms with van der Waals surface area (Å²) in [4.78, 5) is 16.2. The lowest BCUT2D eigenvalue weighted by atomic mass is 10.1. The van der Waals surface area contributed by atoms with Crippen LogP contribution in [0.25, 0.3) is 0 Å². The number of anilines is 1. The van der Waals surface area contributed by atoms with E-state index in [1.807, 2.05) is 30.3 Å². The van der Waals surface area contributed by atoms with Crippen molar-refractivity contribution in [2.24, 2.45) is 4.99 Å². The topological polar surface area (TPSA) is 78.7 Å². The Labute approximate surface area is 192 Å². The van der Waals surface area contributed by atoms with E-state index in [-0.39, 0.29) is 41.5 Å². The third-order valence-electron chi connectivity index (χ3n) is 4.24. The number of nitrogens with one attached hydrogen (secondary N) is 3. The van der Waals surface area contributed by atoms with Gasteiger partial charge in [0.1, 0.15) is 5.82 Å². The summed E-state index contributed by atoms with van der Waals surface area (Å²) in [7, 11) is 1.70. The van der Waals surface area contributed by atoms with Crippen LogP contribution < -0.4 is 16.0 Å². The average Bonchev–Trinajstić information content (AvgIpc) is 3.27. The van der Waals surface area contributed by atoms with Crippen LogP contribution in [-0.2, 0) is 13.0 Å². The van der Waals surface area contributed by atoms with Crippen LogP contribution in [0.1, 0.15) is 21.7 Å². The van der Waals surface area contributed by atoms with Crippen LogP contribution in [0.2, 0.25) is 0 Å². The maximum atomic E-state index is 13.2. The van der Waals surface area contributed by atoms with Crippen molar-refractivity contribution in [1.29, 1.82) is 0 Å². The van der Waals surface area contributed by atoms with Crippen molar-refractivity contribution in [3.05, 3.63) is 89.6 Å². The Morgan fingerprint density at radius 3 is 2.50 bits per heavy atom. The summed E-state index contributed by atoms with van der Waals surface area (Å²) >= 11 is 0. The van der Waals surface area contributed by atoms with E-state index in [9.17, 15) is 9.18 Å². The van der Waals surface area contributed by atoms with Gasteiger partial charge in [0.2, 0.25) is 0 Å². The summed E-state index contributed by atoms with van der Waals surface area (Å²) in [6.07, 6.45) is 2.16. The molecule has 0 saturated heterocycles. The van der Waals surface area contributed by atoms with Crippen molar-refractivity contribution in [2.45, 2.75) is 13.0 Å². The number of amides is 1. The Morgan fingerprint density at radius 1 is 1.03 bits per heavy atom. The second-order valence-electron chi connectivity index (χ2n) is 6.36. The molecule has 1 aromatic heterocycles. The van der Waals surface area contributed by atoms with Crippen molar-refractivity contribution < 1.29 is 13.6 Å². The highest BCUT2D eigenvalue weighted by Crippen LogP contribution is 2.12. The van der Waals surface area contributed by atoms with Gasteiger partial charge in [-0.2, -0.15) is 0 Å². The van der Waals surface area contributed by atoms with Gasteiger partial charge in [0.05, 0.1) is 6.26 Å². The first-order chi connectivity index (χ1) is 14.1. The molecule has 8 heteroatoms. The van der Waals surface area contributed by atoms with Crippen LogP contribution in [0.4, 0.5) is 10.1 Å². The maximum absolute atomic E-state index is 13.2. The average molecular weight is 522 g/mol. The zero-order valence-electron chi connectivity index (χ0n) is 16.5. The number of hydrogen-bond donors (Lipinski definition) is 3. The van der Waals surface area contributed by atoms with Gasteiger partial charge in [-0.1, -0.05) is 24.3 Å². The number of nitrogens with zero attached hydrogens (tertiary/aromatic N) is 1. The first-order valence-electron chi connectivity index (χ1n) is 9.27. The molecule has 0 aliphatic rings. The SMILES string of the molecule is CN=C(NCCc1cccc(F)c1)NCc1ccc(NC(=O)c2ccco2)cc1.I. The fraction of sp³-hybridized carbons (Fsp3) is 0.182. The normalized spacial score (nSPS) is 10.8. The number of halogens is 2. The van der Waals surface area contributed by atoms with Crippen LogP contribution >= 0.6 is 24.0 Å². The van der Waals surface area contributed by atoms with Crippen molar-refractivity contribution in [3.8, 4) is 0 Å². The number of hydrogen-bond acceptors (Lipinski definition) is 3. The molecule has 6 nitrogen and oxygen atoms in total. The summed E-state index contributed by atoms with van der Waals surface area (Å²) in [6, 6.07) is 17.4. The predicted octanol–water partition coefficient (Wildman–Crippen LogP) is 4.20. The minimum atomic E-state index is -0.288. The molecule has 0 unspecified atom stereocenters. The van der Waals surface area contributed by atoms with E-state index in [2.05, 4.69) is 20.9 Å². The van der Waals surface area contributed by atoms with Crippen LogP contribution in [-0.4, -0.2) is 25.5 Å². The predicted molar refractivity (Wildman–Crippen MR) is 127 cm³/mol. The van der Waals surface area contributed by atoms with E-state index in [1.54, 1.807) is 25.2 Å². The van der Waals surface area contributed by atoms with Gasteiger partial charge in [-0.15, -0.1) is 24.0 Å². The lowest BCUT2D eigenvalue weighted by Gasteiger charge is -2.12. The van der Waals surface area contributed by atoms with E-state index < -0.39 is 0 Å². The minimum Gasteiger partial charge on any atom is -0.459 e. The van der Waals surface area contributed by atoms with E-state index >= 15 is 0 Å². The second kappa shape index (κ2) is 12.0. The molecular formula is C22H24FIN4O2. The molecule has 0 bridgehead atoms. The molecule has 0 aliphatic heterocycles. The number of benzene rings is 2. The Balaban J connectivity index is 0.00000320. The van der Waals surface area contributed by atoms with Crippen LogP contribution in [0.15, 0.2) is 76.3 Å². The molecule has 2 aromatic carbocycles. The number of aliphatic imine (C=N–C) groups is 1. The molecule has 0 radical (unpaired) electrons. The van der Waals surface area contributed by atoms with Crippen molar-refractivity contribution in [2.75, 3.05) is 18.9 Å². The van der Waals surface area contributed by atoms with Crippen LogP contribution in [0.3, 0.4) is 0 Å². The molecule has 0 aliphatic carbocycles. The van der Waals surface area contributed by atoms with Gasteiger partial charge in [-0.3, -0.25) is 9.79 Å². The molecular weight excluding hydrogens is 498 g/mol. The monoisotopic (exact) mass is 522 g/mol. The molecule has 30 heavy (non-hydrogen) atoms. The summed E-state index contributed by atoms with van der Waals surface area (Å²) in [5.41, 5.74) is 2.65. The van der Waals surface area contributed by atoms with E-state index in [0.717, 1.165) is 11.1 Å². The van der Waals surface area contributed by atoms with Crippen LogP contribution in [0, 0.1) is 5.82 Å². The van der Waals surface area contributed by atoms with E-state index in [1.165, 1.54) is 18.4 Å². The van der Waals surface area contributed by atoms with Gasteiger partial charge in [0, 0.05) is 25.8 Å². The van der Waals surface area contributed by atoms with Gasteiger partial charge in [0.15, 0.2) is 11.7 Å². The molecule has 1 amide bonds. The lowest BCUT2D eigenvalue weighted by molar-refractivity contribution is 0.0996. The summed E-state index contributed by atoms with van der Waals surface area (Å²) in [5, 5.41) is 9.22. The summed E-state index contributed by atoms with van der Waals surface area (Å²) < 4.78 is 18.3. The third-order valence-corrected chi connectivity index (χ3v) is 4.24. The Kier molecular flexibility index (Phi) is 9.33. The Hall–Kier alpha value is -2.88. The quantitative estimate of drug-likeness (QED) is 0.247. The fourth-order valence-electron chi connectivity index (χ4n) is 2.73. The summed E-state index contributed by atoms with van der Waals surface area (Å²) in [6.45, 7) is 1.22. The van der Waals surface area contributed by atoms with Gasteiger partial charge in [0.25, 0.3) is 5.91 Å². The first-order valence-corrected chi connectivity index (χ1v) is 9.27. The lowest BCUT2D eigenvalue weighted by Crippen LogP contribution is -2.37. The largest absolute Gasteiger partial charge is 0.459 e. The highest BCUT2D eigenvalue weighted by molar-refractivity contribution is 14.0. The van der Waals surface area contributed by atoms with Gasteiger partial charge in [-0.25, -0.2) is 4.39 Å². The third kappa shape index (κ3) is 7.18. The highest BCUT2D eigenvalue weighted by atomic mass is 127. The van der Waals surface area contributed by atoms with Gasteiger partial charge < -0.3 is 20.4 Å². The van der Waals surface area contributed by atoms with Crippen molar-refractivity contribution in [3.63, 3.8) is 0 Å². The molecule has 3 rings (SSSR count). The minimum absolute atomic E-state index is 0. The fourth-order valence-corrected chi connectivity index (χ4v) is 2.73. The molecule has 1 heterocycles. The number of guanidine groups is 1. The molecule has 0 fully saturated rings. The standard InChI is InChI=1S/C22H23FN4O2.HI/c1-24-22(25-12-11-16-4-2-5-18(23)14-16)26-15-17-7-9-19(10-8-17)27-21(28)20-6-3-13-29-20;/h2-10,13-14H,11-12,15H2,1H3,(H,27,28)(H2,24,25,26);1H. The zero-order chi connectivity index (χ0) is 20.5. The molecule has 3 aromatic rings. The molecule has 3 N–H and O–H groups in total. The number of carbonyl (C=O) groups is 1. The van der Waals surface area contributed by atoms with E-state index in [4.69, 9.17) is 4.42 Å². The van der Waals surface area contributed by atoms with Gasteiger partial charge >= 0.3 is 0 Å². The maximum Gasteiger partial charge on any atom is 0.291 e. The Morgan fingerprint density at radius 2 is 1.83 bits per heavy atom. The smallest absolute Gasteiger partial charge is 0.291 e. The van der Waals surface area contributed by atoms with Crippen molar-refractivity contribution >= 4 is 41.5 Å². The molecule has 0 spiro atoms. The Bertz CT molecular complexity index is 960. The molecule has 0 saturated carbocycles. The number of rotatable bonds is 7. The highest BCUT2D eigenvalue weighted by Gasteiger charge is 2.08. The van der Waals surface area contributed by atoms with Crippen LogP contribution in [0.5, 0.6) is 0 Å². The van der Waals surface area contributed by atoms with Crippen molar-refractivity contribution in [1.82, 2.24) is 10.6 Å². The second-order valence-corrected chi connectivity index (χ2v) is 6.36. The molecule has 0 atom stereocenters. The van der Waals surface area contributed by atoms with Gasteiger partial charge in [-0.05, 0) is 53.9 Å². The zero-order valence-corrected chi connectivity index (χ0v) is 18.9. The molecule has 158 valence electrons. The van der Waals surface area contributed by atoms with E-state index in [0.29, 0.717) is 31.2 Å². The summed E-state index contributed by atoms with van der Waals surface area (Å²) in [5.74, 6) is 0.415. The first kappa shape index (κ1) is 23.4.